The van der Waals surface area contributed by atoms with E-state index in [1.54, 1.807) is 0 Å². The molecule has 0 aliphatic carbocycles. The summed E-state index contributed by atoms with van der Waals surface area (Å²) in [4.78, 5) is 0. The summed E-state index contributed by atoms with van der Waals surface area (Å²) in [6.07, 6.45) is 4.83. The van der Waals surface area contributed by atoms with E-state index < -0.39 is 0 Å². The molecule has 1 unspecified atom stereocenters. The van der Waals surface area contributed by atoms with Crippen LogP contribution in [0.3, 0.4) is 0 Å². The van der Waals surface area contributed by atoms with E-state index in [4.69, 9.17) is 11.6 Å². The van der Waals surface area contributed by atoms with Crippen molar-refractivity contribution >= 4 is 11.6 Å². The highest BCUT2D eigenvalue weighted by Gasteiger charge is 2.28. The maximum Gasteiger partial charge on any atom is 0.0320 e. The fourth-order valence-corrected chi connectivity index (χ4v) is 2.55. The summed E-state index contributed by atoms with van der Waals surface area (Å²) in [5.41, 5.74) is 1.59. The molecule has 1 aromatic carbocycles. The molecule has 15 heavy (non-hydrogen) atoms. The smallest absolute Gasteiger partial charge is 0.0320 e. The number of benzene rings is 1. The van der Waals surface area contributed by atoms with Crippen LogP contribution < -0.4 is 0 Å². The summed E-state index contributed by atoms with van der Waals surface area (Å²) in [5.74, 6) is 0.730. The Balaban J connectivity index is 2.89. The van der Waals surface area contributed by atoms with Crippen LogP contribution >= 0.6 is 11.6 Å². The molecule has 0 amide bonds. The molecule has 0 saturated carbocycles. The minimum atomic E-state index is 0.193. The number of hydrogen-bond acceptors (Lipinski definition) is 0. The quantitative estimate of drug-likeness (QED) is 0.611. The van der Waals surface area contributed by atoms with Gasteiger partial charge in [-0.05, 0) is 18.4 Å². The van der Waals surface area contributed by atoms with Gasteiger partial charge in [0.05, 0.1) is 0 Å². The van der Waals surface area contributed by atoms with E-state index in [0.29, 0.717) is 0 Å². The molecule has 0 radical (unpaired) electrons. The second-order valence-electron chi connectivity index (χ2n) is 4.24. The number of rotatable bonds is 6. The van der Waals surface area contributed by atoms with Gasteiger partial charge < -0.3 is 0 Å². The Morgan fingerprint density at radius 1 is 1.13 bits per heavy atom. The highest BCUT2D eigenvalue weighted by molar-refractivity contribution is 6.18. The molecule has 1 aromatic rings. The minimum Gasteiger partial charge on any atom is -0.126 e. The Kier molecular flexibility index (Phi) is 5.17. The van der Waals surface area contributed by atoms with Gasteiger partial charge in [-0.1, -0.05) is 57.0 Å². The molecular formula is C14H21Cl. The fourth-order valence-electron chi connectivity index (χ4n) is 2.07. The van der Waals surface area contributed by atoms with Crippen molar-refractivity contribution in [2.75, 3.05) is 5.88 Å². The highest BCUT2D eigenvalue weighted by Crippen LogP contribution is 2.34. The molecule has 0 nitrogen and oxygen atoms in total. The predicted molar refractivity (Wildman–Crippen MR) is 68.7 cm³/mol. The first-order valence-corrected chi connectivity index (χ1v) is 6.44. The molecule has 0 N–H and O–H groups in total. The third-order valence-corrected chi connectivity index (χ3v) is 3.84. The highest BCUT2D eigenvalue weighted by atomic mass is 35.5. The minimum absolute atomic E-state index is 0.193. The van der Waals surface area contributed by atoms with Gasteiger partial charge in [0.2, 0.25) is 0 Å². The molecule has 1 rings (SSSR count). The lowest BCUT2D eigenvalue weighted by molar-refractivity contribution is 0.408. The number of halogens is 1. The van der Waals surface area contributed by atoms with Crippen molar-refractivity contribution in [3.63, 3.8) is 0 Å². The third kappa shape index (κ3) is 2.98. The Hall–Kier alpha value is -0.490. The van der Waals surface area contributed by atoms with Crippen LogP contribution in [0, 0.1) is 0 Å². The van der Waals surface area contributed by atoms with Gasteiger partial charge in [-0.3, -0.25) is 0 Å². The van der Waals surface area contributed by atoms with Crippen LogP contribution in [0.15, 0.2) is 30.3 Å². The molecule has 0 aliphatic heterocycles. The van der Waals surface area contributed by atoms with Gasteiger partial charge in [0, 0.05) is 11.3 Å². The lowest BCUT2D eigenvalue weighted by Gasteiger charge is -2.31. The van der Waals surface area contributed by atoms with Gasteiger partial charge in [-0.15, -0.1) is 11.6 Å². The van der Waals surface area contributed by atoms with Crippen LogP contribution in [0.5, 0.6) is 0 Å². The zero-order chi connectivity index (χ0) is 11.1. The topological polar surface area (TPSA) is 0 Å². The van der Waals surface area contributed by atoms with Crippen molar-refractivity contribution < 1.29 is 0 Å². The van der Waals surface area contributed by atoms with Crippen molar-refractivity contribution in [2.45, 2.75) is 44.9 Å². The van der Waals surface area contributed by atoms with Gasteiger partial charge in [0.1, 0.15) is 0 Å². The molecular weight excluding hydrogens is 204 g/mol. The van der Waals surface area contributed by atoms with Crippen LogP contribution in [0.2, 0.25) is 0 Å². The molecule has 0 spiro atoms. The van der Waals surface area contributed by atoms with E-state index in [1.165, 1.54) is 24.8 Å². The van der Waals surface area contributed by atoms with E-state index in [9.17, 15) is 0 Å². The first kappa shape index (κ1) is 12.6. The van der Waals surface area contributed by atoms with Crippen molar-refractivity contribution in [3.8, 4) is 0 Å². The van der Waals surface area contributed by atoms with Gasteiger partial charge in [-0.25, -0.2) is 0 Å². The summed E-state index contributed by atoms with van der Waals surface area (Å²) < 4.78 is 0. The standard InChI is InChI=1S/C14H21Cl/c1-3-5-11-14(4-2,12-15)13-9-7-6-8-10-13/h6-10H,3-5,11-12H2,1-2H3. The summed E-state index contributed by atoms with van der Waals surface area (Å²) in [7, 11) is 0. The molecule has 0 saturated heterocycles. The zero-order valence-corrected chi connectivity index (χ0v) is 10.6. The Labute approximate surface area is 98.7 Å². The van der Waals surface area contributed by atoms with E-state index in [1.807, 2.05) is 0 Å². The van der Waals surface area contributed by atoms with Crippen LogP contribution in [0.4, 0.5) is 0 Å². The van der Waals surface area contributed by atoms with Crippen molar-refractivity contribution in [1.29, 1.82) is 0 Å². The molecule has 0 aromatic heterocycles. The van der Waals surface area contributed by atoms with Crippen LogP contribution in [-0.4, -0.2) is 5.88 Å². The number of unbranched alkanes of at least 4 members (excludes halogenated alkanes) is 1. The van der Waals surface area contributed by atoms with Gasteiger partial charge in [0.25, 0.3) is 0 Å². The Bertz CT molecular complexity index is 262. The number of hydrogen-bond donors (Lipinski definition) is 0. The lowest BCUT2D eigenvalue weighted by atomic mass is 9.76. The van der Waals surface area contributed by atoms with Gasteiger partial charge in [0.15, 0.2) is 0 Å². The lowest BCUT2D eigenvalue weighted by Crippen LogP contribution is -2.27. The first-order chi connectivity index (χ1) is 7.29. The fraction of sp³-hybridized carbons (Fsp3) is 0.571. The predicted octanol–water partition coefficient (Wildman–Crippen LogP) is 4.76. The summed E-state index contributed by atoms with van der Waals surface area (Å²) >= 11 is 6.19. The SMILES string of the molecule is CCCCC(CC)(CCl)c1ccccc1. The molecule has 0 bridgehead atoms. The monoisotopic (exact) mass is 224 g/mol. The normalized spacial score (nSPS) is 14.9. The van der Waals surface area contributed by atoms with E-state index in [0.717, 1.165) is 12.3 Å². The van der Waals surface area contributed by atoms with E-state index >= 15 is 0 Å². The maximum atomic E-state index is 6.19. The molecule has 1 atom stereocenters. The summed E-state index contributed by atoms with van der Waals surface area (Å²) in [6.45, 7) is 4.48. The maximum absolute atomic E-state index is 6.19. The number of alkyl halides is 1. The van der Waals surface area contributed by atoms with Gasteiger partial charge >= 0.3 is 0 Å². The van der Waals surface area contributed by atoms with Crippen LogP contribution in [0.25, 0.3) is 0 Å². The van der Waals surface area contributed by atoms with Gasteiger partial charge in [-0.2, -0.15) is 0 Å². The molecule has 0 heterocycles. The summed E-state index contributed by atoms with van der Waals surface area (Å²) in [5, 5.41) is 0. The second-order valence-corrected chi connectivity index (χ2v) is 4.50. The first-order valence-electron chi connectivity index (χ1n) is 5.90. The molecule has 0 fully saturated rings. The molecule has 0 aliphatic rings. The van der Waals surface area contributed by atoms with Crippen LogP contribution in [-0.2, 0) is 5.41 Å². The van der Waals surface area contributed by atoms with Crippen molar-refractivity contribution in [2.24, 2.45) is 0 Å². The average Bonchev–Trinajstić information content (AvgIpc) is 2.33. The summed E-state index contributed by atoms with van der Waals surface area (Å²) in [6, 6.07) is 10.7. The molecule has 1 heteroatoms. The Morgan fingerprint density at radius 3 is 2.27 bits per heavy atom. The second kappa shape index (κ2) is 6.17. The Morgan fingerprint density at radius 2 is 1.80 bits per heavy atom. The van der Waals surface area contributed by atoms with Crippen molar-refractivity contribution in [3.05, 3.63) is 35.9 Å². The molecule has 84 valence electrons. The average molecular weight is 225 g/mol. The van der Waals surface area contributed by atoms with E-state index in [-0.39, 0.29) is 5.41 Å². The largest absolute Gasteiger partial charge is 0.126 e. The van der Waals surface area contributed by atoms with E-state index in [2.05, 4.69) is 44.2 Å². The van der Waals surface area contributed by atoms with Crippen LogP contribution in [0.1, 0.15) is 45.1 Å². The zero-order valence-electron chi connectivity index (χ0n) is 9.80. The third-order valence-electron chi connectivity index (χ3n) is 3.33. The van der Waals surface area contributed by atoms with Crippen molar-refractivity contribution in [1.82, 2.24) is 0 Å².